The monoisotopic (exact) mass is 510 g/mol. The molecule has 2 aliphatic carbocycles. The summed E-state index contributed by atoms with van der Waals surface area (Å²) in [4.78, 5) is 0. The largest absolute Gasteiger partial charge is 0.496 e. The molecule has 39 heavy (non-hydrogen) atoms. The van der Waals surface area contributed by atoms with Crippen LogP contribution in [-0.4, -0.2) is 14.2 Å². The third-order valence-corrected chi connectivity index (χ3v) is 9.00. The highest BCUT2D eigenvalue weighted by atomic mass is 16.5. The van der Waals surface area contributed by atoms with Gasteiger partial charge in [-0.2, -0.15) is 0 Å². The Morgan fingerprint density at radius 1 is 0.538 bits per heavy atom. The molecule has 0 saturated carbocycles. The molecule has 2 aliphatic rings. The molecule has 0 aromatic heterocycles. The van der Waals surface area contributed by atoms with E-state index < -0.39 is 0 Å². The van der Waals surface area contributed by atoms with Gasteiger partial charge in [0.2, 0.25) is 0 Å². The van der Waals surface area contributed by atoms with E-state index in [1.807, 2.05) is 0 Å². The van der Waals surface area contributed by atoms with E-state index in [1.165, 1.54) is 65.3 Å². The maximum absolute atomic E-state index is 7.13. The zero-order valence-electron chi connectivity index (χ0n) is 22.3. The minimum absolute atomic E-state index is 0.0585. The summed E-state index contributed by atoms with van der Waals surface area (Å²) in [5.74, 6) is 1.91. The molecule has 0 heterocycles. The minimum atomic E-state index is 0.0585. The summed E-state index contributed by atoms with van der Waals surface area (Å²) >= 11 is 0. The van der Waals surface area contributed by atoms with Gasteiger partial charge in [0.15, 0.2) is 0 Å². The summed E-state index contributed by atoms with van der Waals surface area (Å²) in [5.41, 5.74) is 5.38. The maximum atomic E-state index is 7.13. The van der Waals surface area contributed by atoms with Gasteiger partial charge in [-0.25, -0.2) is 0 Å². The van der Waals surface area contributed by atoms with Crippen LogP contribution in [0.3, 0.4) is 0 Å². The van der Waals surface area contributed by atoms with Crippen molar-refractivity contribution in [2.24, 2.45) is 0 Å². The van der Waals surface area contributed by atoms with Gasteiger partial charge in [0.25, 0.3) is 0 Å². The molecule has 2 atom stereocenters. The molecule has 0 unspecified atom stereocenters. The lowest BCUT2D eigenvalue weighted by molar-refractivity contribution is -0.0115. The number of ether oxygens (including phenoxy) is 3. The number of rotatable bonds is 4. The molecule has 0 saturated heterocycles. The van der Waals surface area contributed by atoms with Crippen molar-refractivity contribution >= 4 is 43.1 Å². The lowest BCUT2D eigenvalue weighted by Gasteiger charge is -2.23. The summed E-state index contributed by atoms with van der Waals surface area (Å²) in [5, 5.41) is 9.83. The van der Waals surface area contributed by atoms with Crippen molar-refractivity contribution < 1.29 is 14.2 Å². The topological polar surface area (TPSA) is 27.7 Å². The Bertz CT molecular complexity index is 1800. The van der Waals surface area contributed by atoms with Crippen molar-refractivity contribution in [3.05, 3.63) is 107 Å². The van der Waals surface area contributed by atoms with E-state index in [9.17, 15) is 0 Å². The van der Waals surface area contributed by atoms with Gasteiger partial charge in [-0.15, -0.1) is 0 Å². The van der Waals surface area contributed by atoms with Crippen LogP contribution in [0.15, 0.2) is 84.9 Å². The van der Waals surface area contributed by atoms with Crippen molar-refractivity contribution in [1.82, 2.24) is 0 Å². The second-order valence-corrected chi connectivity index (χ2v) is 10.9. The molecule has 0 amide bonds. The molecule has 0 aliphatic heterocycles. The Hall–Kier alpha value is -4.08. The Balaban J connectivity index is 1.27. The van der Waals surface area contributed by atoms with Gasteiger partial charge in [0.05, 0.1) is 26.4 Å². The smallest absolute Gasteiger partial charge is 0.127 e. The summed E-state index contributed by atoms with van der Waals surface area (Å²) in [6.45, 7) is 0. The van der Waals surface area contributed by atoms with Gasteiger partial charge in [-0.05, 0) is 92.4 Å². The molecule has 0 N–H and O–H groups in total. The van der Waals surface area contributed by atoms with E-state index >= 15 is 0 Å². The van der Waals surface area contributed by atoms with Gasteiger partial charge < -0.3 is 14.2 Å². The predicted molar refractivity (Wildman–Crippen MR) is 159 cm³/mol. The van der Waals surface area contributed by atoms with Crippen LogP contribution in [0.2, 0.25) is 0 Å². The zero-order chi connectivity index (χ0) is 26.1. The van der Waals surface area contributed by atoms with E-state index in [0.717, 1.165) is 37.2 Å². The molecule has 0 fully saturated rings. The molecule has 0 bridgehead atoms. The van der Waals surface area contributed by atoms with Crippen molar-refractivity contribution in [2.45, 2.75) is 37.9 Å². The fourth-order valence-electron chi connectivity index (χ4n) is 7.31. The molecule has 3 heteroatoms. The summed E-state index contributed by atoms with van der Waals surface area (Å²) in [6.07, 6.45) is 4.12. The van der Waals surface area contributed by atoms with Gasteiger partial charge in [-0.3, -0.25) is 0 Å². The van der Waals surface area contributed by atoms with Gasteiger partial charge >= 0.3 is 0 Å². The quantitative estimate of drug-likeness (QED) is 0.222. The number of benzene rings is 6. The lowest BCUT2D eigenvalue weighted by atomic mass is 9.93. The second kappa shape index (κ2) is 8.72. The van der Waals surface area contributed by atoms with Crippen molar-refractivity contribution in [3.8, 4) is 11.5 Å². The zero-order valence-corrected chi connectivity index (χ0v) is 22.3. The van der Waals surface area contributed by atoms with Crippen molar-refractivity contribution in [2.75, 3.05) is 14.2 Å². The number of aryl methyl sites for hydroxylation is 2. The van der Waals surface area contributed by atoms with E-state index in [4.69, 9.17) is 14.2 Å². The third-order valence-electron chi connectivity index (χ3n) is 9.00. The van der Waals surface area contributed by atoms with E-state index in [1.54, 1.807) is 14.2 Å². The van der Waals surface area contributed by atoms with Crippen LogP contribution in [0.4, 0.5) is 0 Å². The van der Waals surface area contributed by atoms with E-state index in [-0.39, 0.29) is 12.2 Å². The van der Waals surface area contributed by atoms with Crippen LogP contribution < -0.4 is 9.47 Å². The number of fused-ring (bicyclic) bond motifs is 10. The molecule has 6 aromatic carbocycles. The lowest BCUT2D eigenvalue weighted by Crippen LogP contribution is -2.07. The molecule has 3 nitrogen and oxygen atoms in total. The van der Waals surface area contributed by atoms with E-state index in [0.29, 0.717) is 0 Å². The first-order valence-electron chi connectivity index (χ1n) is 13.9. The van der Waals surface area contributed by atoms with Gasteiger partial charge in [0.1, 0.15) is 11.5 Å². The summed E-state index contributed by atoms with van der Waals surface area (Å²) in [7, 11) is 3.56. The van der Waals surface area contributed by atoms with Crippen LogP contribution in [0.5, 0.6) is 11.5 Å². The highest BCUT2D eigenvalue weighted by Crippen LogP contribution is 2.50. The normalized spacial score (nSPS) is 18.2. The molecule has 8 rings (SSSR count). The number of hydrogen-bond acceptors (Lipinski definition) is 3. The fraction of sp³-hybridized carbons (Fsp3) is 0.222. The van der Waals surface area contributed by atoms with Crippen LogP contribution in [0.1, 0.15) is 47.3 Å². The molecule has 0 radical (unpaired) electrons. The summed E-state index contributed by atoms with van der Waals surface area (Å²) in [6, 6.07) is 30.7. The molecular weight excluding hydrogens is 480 g/mol. The Kier molecular flexibility index (Phi) is 5.11. The SMILES string of the molecule is COc1cc2c(c3ccc4ccccc4c13)[C@@H](O[C@@H]1CCc3cc(OC)c4c(ccc5ccccc54)c31)CC2. The average molecular weight is 511 g/mol. The first kappa shape index (κ1) is 22.9. The first-order chi connectivity index (χ1) is 19.2. The molecule has 0 spiro atoms. The van der Waals surface area contributed by atoms with Gasteiger partial charge in [0, 0.05) is 10.8 Å². The molecular formula is C36H30O3. The van der Waals surface area contributed by atoms with Crippen LogP contribution in [0.25, 0.3) is 43.1 Å². The van der Waals surface area contributed by atoms with E-state index in [2.05, 4.69) is 84.9 Å². The average Bonchev–Trinajstić information content (AvgIpc) is 3.59. The molecule has 192 valence electrons. The van der Waals surface area contributed by atoms with Crippen molar-refractivity contribution in [1.29, 1.82) is 0 Å². The summed E-state index contributed by atoms with van der Waals surface area (Å²) < 4.78 is 19.0. The van der Waals surface area contributed by atoms with Crippen molar-refractivity contribution in [3.63, 3.8) is 0 Å². The molecule has 6 aromatic rings. The number of methoxy groups -OCH3 is 2. The second-order valence-electron chi connectivity index (χ2n) is 10.9. The van der Waals surface area contributed by atoms with Crippen LogP contribution in [-0.2, 0) is 17.6 Å². The van der Waals surface area contributed by atoms with Gasteiger partial charge in [-0.1, -0.05) is 72.8 Å². The van der Waals surface area contributed by atoms with Crippen LogP contribution >= 0.6 is 0 Å². The minimum Gasteiger partial charge on any atom is -0.496 e. The highest BCUT2D eigenvalue weighted by molar-refractivity contribution is 6.13. The van der Waals surface area contributed by atoms with Crippen LogP contribution in [0, 0.1) is 0 Å². The first-order valence-corrected chi connectivity index (χ1v) is 13.9. The Morgan fingerprint density at radius 3 is 1.46 bits per heavy atom. The Morgan fingerprint density at radius 2 is 1.00 bits per heavy atom. The maximum Gasteiger partial charge on any atom is 0.127 e. The Labute approximate surface area is 227 Å². The number of hydrogen-bond donors (Lipinski definition) is 0. The standard InChI is InChI=1S/C36H30O3/c1-37-31-19-23-13-17-29(33(23)27-15-11-21-7-3-5-9-25(21)35(27)31)39-30-18-14-24-20-32(38-2)36-26-10-6-4-8-22(26)12-16-28(36)34(24)30/h3-12,15-16,19-20,29-30H,13-14,17-18H2,1-2H3/t29-,30+. The third kappa shape index (κ3) is 3.33. The highest BCUT2D eigenvalue weighted by Gasteiger charge is 2.34. The predicted octanol–water partition coefficient (Wildman–Crippen LogP) is 9.01. The fourth-order valence-corrected chi connectivity index (χ4v) is 7.31.